The second-order valence-corrected chi connectivity index (χ2v) is 14.0. The maximum atomic E-state index is 13.5. The van der Waals surface area contributed by atoms with Gasteiger partial charge in [0.15, 0.2) is 28.9 Å². The molecule has 0 radical (unpaired) electrons. The molecule has 2 saturated carbocycles. The summed E-state index contributed by atoms with van der Waals surface area (Å²) in [6.45, 7) is -1.00. The fraction of sp³-hybridized carbons (Fsp3) is 0.591. The third-order valence-corrected chi connectivity index (χ3v) is 11.1. The van der Waals surface area contributed by atoms with E-state index in [1.54, 1.807) is 4.57 Å². The van der Waals surface area contributed by atoms with Gasteiger partial charge in [-0.2, -0.15) is 9.67 Å². The number of aromatic nitrogens is 9. The van der Waals surface area contributed by atoms with Crippen LogP contribution in [-0.4, -0.2) is 103 Å². The molecule has 2 saturated heterocycles. The minimum Gasteiger partial charge on any atom is -0.388 e. The Morgan fingerprint density at radius 3 is 2.76 bits per heavy atom. The third kappa shape index (κ3) is 4.44. The molecule has 1 spiro atoms. The molecule has 4 aromatic rings. The maximum Gasteiger partial charge on any atom is 0.472 e. The summed E-state index contributed by atoms with van der Waals surface area (Å²) >= 11 is 0. The van der Waals surface area contributed by atoms with Crippen molar-refractivity contribution in [2.45, 2.75) is 55.6 Å². The van der Waals surface area contributed by atoms with E-state index >= 15 is 0 Å². The number of nitrogens with two attached hydrogens (primary N) is 2. The Bertz CT molecular complexity index is 1990. The van der Waals surface area contributed by atoms with Gasteiger partial charge in [-0.05, 0) is 18.8 Å². The summed E-state index contributed by atoms with van der Waals surface area (Å²) in [4.78, 5) is 42.0. The van der Waals surface area contributed by atoms with Gasteiger partial charge in [0.05, 0.1) is 25.6 Å². The molecule has 3 unspecified atom stereocenters. The minimum atomic E-state index is -5.02. The average molecular weight is 683 g/mol. The first-order valence-electron chi connectivity index (χ1n) is 14.0. The molecule has 6 heterocycles. The lowest BCUT2D eigenvalue weighted by Crippen LogP contribution is -2.49. The van der Waals surface area contributed by atoms with Gasteiger partial charge in [-0.25, -0.2) is 19.5 Å². The smallest absolute Gasteiger partial charge is 0.388 e. The summed E-state index contributed by atoms with van der Waals surface area (Å²) in [7, 11) is -8.40. The predicted octanol–water partition coefficient (Wildman–Crippen LogP) is -1.60. The van der Waals surface area contributed by atoms with Crippen molar-refractivity contribution in [1.82, 2.24) is 44.5 Å². The Morgan fingerprint density at radius 1 is 1.15 bits per heavy atom. The van der Waals surface area contributed by atoms with Gasteiger partial charge in [-0.15, -0.1) is 5.10 Å². The number of nitrogen functional groups attached to an aromatic ring is 2. The van der Waals surface area contributed by atoms with Crippen LogP contribution in [-0.2, 0) is 32.0 Å². The molecule has 246 valence electrons. The van der Waals surface area contributed by atoms with E-state index in [0.29, 0.717) is 24.0 Å². The molecule has 24 heteroatoms. The Morgan fingerprint density at radius 2 is 1.98 bits per heavy atom. The number of anilines is 2. The number of imidazole rings is 1. The van der Waals surface area contributed by atoms with Crippen LogP contribution in [0.4, 0.5) is 11.8 Å². The molecule has 0 amide bonds. The van der Waals surface area contributed by atoms with E-state index in [0.717, 1.165) is 4.68 Å². The van der Waals surface area contributed by atoms with Crippen LogP contribution in [0.5, 0.6) is 0 Å². The second kappa shape index (κ2) is 10.5. The average Bonchev–Trinajstić information content (AvgIpc) is 3.72. The summed E-state index contributed by atoms with van der Waals surface area (Å²) in [5.41, 5.74) is 10.1. The number of hydrogen-bond acceptors (Lipinski definition) is 18. The number of aromatic amines is 1. The van der Waals surface area contributed by atoms with Crippen molar-refractivity contribution in [3.05, 3.63) is 23.0 Å². The fourth-order valence-corrected chi connectivity index (χ4v) is 9.02. The lowest BCUT2D eigenvalue weighted by molar-refractivity contribution is -0.0976. The van der Waals surface area contributed by atoms with E-state index in [1.165, 1.54) is 12.7 Å². The van der Waals surface area contributed by atoms with Crippen LogP contribution in [0.1, 0.15) is 25.1 Å². The van der Waals surface area contributed by atoms with Crippen LogP contribution in [0.3, 0.4) is 0 Å². The highest BCUT2D eigenvalue weighted by molar-refractivity contribution is 7.47. The Kier molecular flexibility index (Phi) is 6.86. The number of phosphoric acid groups is 1. The van der Waals surface area contributed by atoms with Crippen molar-refractivity contribution in [2.24, 2.45) is 11.3 Å². The molecule has 46 heavy (non-hydrogen) atoms. The lowest BCUT2D eigenvalue weighted by atomic mass is 9.60. The number of nitrogens with zero attached hydrogens (tertiary/aromatic N) is 8. The molecule has 2 aliphatic carbocycles. The normalized spacial score (nSPS) is 39.7. The number of fused-ring (bicyclic) bond motifs is 4. The van der Waals surface area contributed by atoms with Crippen LogP contribution < -0.4 is 17.0 Å². The zero-order chi connectivity index (χ0) is 32.1. The quantitative estimate of drug-likeness (QED) is 0.130. The number of phosphoric ester groups is 1. The first kappa shape index (κ1) is 29.9. The van der Waals surface area contributed by atoms with E-state index < -0.39 is 89.0 Å². The van der Waals surface area contributed by atoms with Crippen molar-refractivity contribution >= 4 is 50.2 Å². The number of hydrogen-bond donors (Lipinski definition) is 6. The molecule has 0 aromatic carbocycles. The molecular weight excluding hydrogens is 656 g/mol. The monoisotopic (exact) mass is 683 g/mol. The topological polar surface area (TPSA) is 313 Å². The summed E-state index contributed by atoms with van der Waals surface area (Å²) < 4.78 is 57.5. The van der Waals surface area contributed by atoms with E-state index in [9.17, 15) is 29.0 Å². The van der Waals surface area contributed by atoms with Gasteiger partial charge in [0, 0.05) is 5.41 Å². The summed E-state index contributed by atoms with van der Waals surface area (Å²) in [6, 6.07) is -0.724. The van der Waals surface area contributed by atoms with Crippen molar-refractivity contribution < 1.29 is 47.1 Å². The highest BCUT2D eigenvalue weighted by atomic mass is 31.2. The fourth-order valence-electron chi connectivity index (χ4n) is 7.07. The van der Waals surface area contributed by atoms with Gasteiger partial charge in [0.25, 0.3) is 5.56 Å². The zero-order valence-corrected chi connectivity index (χ0v) is 25.3. The van der Waals surface area contributed by atoms with Gasteiger partial charge in [-0.3, -0.25) is 23.4 Å². The van der Waals surface area contributed by atoms with Gasteiger partial charge in [-0.1, -0.05) is 5.21 Å². The summed E-state index contributed by atoms with van der Waals surface area (Å²) in [6.07, 6.45) is -4.96. The van der Waals surface area contributed by atoms with E-state index in [1.807, 2.05) is 0 Å². The molecule has 2 bridgehead atoms. The van der Waals surface area contributed by atoms with Gasteiger partial charge in [0.2, 0.25) is 5.95 Å². The van der Waals surface area contributed by atoms with E-state index in [2.05, 4.69) is 35.2 Å². The minimum absolute atomic E-state index is 0.140. The molecule has 4 aliphatic rings. The summed E-state index contributed by atoms with van der Waals surface area (Å²) in [5, 5.41) is 30.3. The first-order chi connectivity index (χ1) is 22.0. The van der Waals surface area contributed by atoms with Crippen LogP contribution in [0.25, 0.3) is 22.3 Å². The molecule has 8 N–H and O–H groups in total. The maximum absolute atomic E-state index is 13.5. The number of rotatable bonds is 2. The SMILES string of the molecule is Nc1nc2c(nnn2[C@@H]2O[C@@H]3CO[PH](=O)O[C@H]4[C@@H](O)[C@H](n5cnc6c(N)ncnc65)[C@H]5CCC54COP(=O)(O)O[C@@H]2[C@@H]3O)c(=O)[nH]1. The number of H-pyrrole nitrogens is 1. The molecule has 2 aliphatic heterocycles. The number of nitrogens with one attached hydrogen (secondary N) is 1. The lowest BCUT2D eigenvalue weighted by Gasteiger charge is -2.48. The third-order valence-electron chi connectivity index (χ3n) is 9.25. The number of ether oxygens (including phenoxy) is 1. The van der Waals surface area contributed by atoms with E-state index in [4.69, 9.17) is 34.3 Å². The highest BCUT2D eigenvalue weighted by Crippen LogP contribution is 2.66. The van der Waals surface area contributed by atoms with Crippen LogP contribution >= 0.6 is 16.1 Å². The van der Waals surface area contributed by atoms with Gasteiger partial charge in [0.1, 0.15) is 42.4 Å². The van der Waals surface area contributed by atoms with Crippen molar-refractivity contribution in [1.29, 1.82) is 0 Å². The molecule has 11 atom stereocenters. The molecule has 22 nitrogen and oxygen atoms in total. The predicted molar refractivity (Wildman–Crippen MR) is 151 cm³/mol. The molecule has 4 fully saturated rings. The number of aliphatic hydroxyl groups is 2. The van der Waals surface area contributed by atoms with Crippen LogP contribution in [0.2, 0.25) is 0 Å². The van der Waals surface area contributed by atoms with Crippen molar-refractivity contribution in [3.8, 4) is 0 Å². The highest BCUT2D eigenvalue weighted by Gasteiger charge is 2.67. The molecule has 4 aromatic heterocycles. The number of aliphatic hydroxyl groups excluding tert-OH is 2. The van der Waals surface area contributed by atoms with Crippen LogP contribution in [0.15, 0.2) is 17.4 Å². The van der Waals surface area contributed by atoms with Gasteiger partial charge < -0.3 is 44.9 Å². The molecular formula is C22H27N11O11P2. The van der Waals surface area contributed by atoms with Crippen molar-refractivity contribution in [2.75, 3.05) is 24.7 Å². The zero-order valence-electron chi connectivity index (χ0n) is 23.4. The standard InChI is InChI=1S/C22H27N11O11P2/c23-16-9-17(26-5-25-16)32(6-27-9)11-7-1-2-22(7)4-41-46(38,39)44-14-12(34)8(3-40-45(37)43-15(22)13(11)35)42-20(14)33-18-10(30-31-33)19(36)29-21(24)28-18/h5-8,11-15,20,34-35,45H,1-4H2,(H,38,39)(H2,23,25,26)(H3,24,28,29,36)/t7-,8-,11-,12-,13+,14-,15+,20-,22?/m1/s1. The second-order valence-electron chi connectivity index (χ2n) is 11.6. The summed E-state index contributed by atoms with van der Waals surface area (Å²) in [5.74, 6) is -0.553. The van der Waals surface area contributed by atoms with Crippen molar-refractivity contribution in [3.63, 3.8) is 0 Å². The largest absolute Gasteiger partial charge is 0.472 e. The van der Waals surface area contributed by atoms with Gasteiger partial charge >= 0.3 is 16.1 Å². The van der Waals surface area contributed by atoms with Crippen LogP contribution in [0, 0.1) is 11.3 Å². The molecule has 8 rings (SSSR count). The Hall–Kier alpha value is -3.43. The Labute approximate surface area is 256 Å². The van der Waals surface area contributed by atoms with E-state index in [-0.39, 0.29) is 22.9 Å². The Balaban J connectivity index is 1.14. The first-order valence-corrected chi connectivity index (χ1v) is 16.7.